The molecule has 0 bridgehead atoms. The second-order valence-electron chi connectivity index (χ2n) is 14.3. The highest BCUT2D eigenvalue weighted by molar-refractivity contribution is 6.26. The molecule has 0 fully saturated rings. The first-order chi connectivity index (χ1) is 27.0. The number of aryl methyl sites for hydroxylation is 1. The Morgan fingerprint density at radius 2 is 1.11 bits per heavy atom. The number of hydrogen-bond donors (Lipinski definition) is 0. The SMILES string of the molecule is CC/C(C)=C(/N=C(c1ccccc1)c1oc2cccc(-c3cc4c5ccccc5c5ccccc5c4cc3F)c2c1C)c1cccc2oc3ccccc3c12. The van der Waals surface area contributed by atoms with Crippen molar-refractivity contribution in [2.75, 3.05) is 0 Å². The van der Waals surface area contributed by atoms with Crippen LogP contribution in [0.3, 0.4) is 0 Å². The van der Waals surface area contributed by atoms with Crippen LogP contribution in [0.2, 0.25) is 0 Å². The van der Waals surface area contributed by atoms with Crippen molar-refractivity contribution in [2.24, 2.45) is 4.99 Å². The number of allylic oxidation sites excluding steroid dienone is 1. The van der Waals surface area contributed by atoms with Gasteiger partial charge in [-0.3, -0.25) is 0 Å². The van der Waals surface area contributed by atoms with Gasteiger partial charge in [0.05, 0.1) is 5.70 Å². The summed E-state index contributed by atoms with van der Waals surface area (Å²) >= 11 is 0. The predicted octanol–water partition coefficient (Wildman–Crippen LogP) is 14.6. The summed E-state index contributed by atoms with van der Waals surface area (Å²) in [6, 6.07) is 50.8. The quantitative estimate of drug-likeness (QED) is 0.127. The van der Waals surface area contributed by atoms with Gasteiger partial charge >= 0.3 is 0 Å². The molecule has 0 aliphatic heterocycles. The van der Waals surface area contributed by atoms with E-state index in [0.29, 0.717) is 22.6 Å². The van der Waals surface area contributed by atoms with Crippen LogP contribution >= 0.6 is 0 Å². The van der Waals surface area contributed by atoms with E-state index in [4.69, 9.17) is 13.8 Å². The molecule has 0 unspecified atom stereocenters. The summed E-state index contributed by atoms with van der Waals surface area (Å²) < 4.78 is 29.8. The maximum atomic E-state index is 16.7. The van der Waals surface area contributed by atoms with Crippen molar-refractivity contribution in [3.05, 3.63) is 186 Å². The fourth-order valence-corrected chi connectivity index (χ4v) is 8.36. The first kappa shape index (κ1) is 32.8. The Labute approximate surface area is 317 Å². The van der Waals surface area contributed by atoms with Crippen molar-refractivity contribution >= 4 is 76.6 Å². The third-order valence-corrected chi connectivity index (χ3v) is 11.2. The third kappa shape index (κ3) is 5.20. The Hall–Kier alpha value is -6.78. The van der Waals surface area contributed by atoms with Crippen molar-refractivity contribution in [2.45, 2.75) is 27.2 Å². The molecule has 0 N–H and O–H groups in total. The molecule has 0 radical (unpaired) electrons. The van der Waals surface area contributed by atoms with E-state index < -0.39 is 0 Å². The van der Waals surface area contributed by atoms with Gasteiger partial charge in [0.15, 0.2) is 5.76 Å². The van der Waals surface area contributed by atoms with E-state index in [1.54, 1.807) is 6.07 Å². The van der Waals surface area contributed by atoms with Crippen LogP contribution in [0.25, 0.3) is 82.0 Å². The van der Waals surface area contributed by atoms with Gasteiger partial charge in [0.25, 0.3) is 0 Å². The molecule has 0 amide bonds. The molecule has 0 saturated heterocycles. The summed E-state index contributed by atoms with van der Waals surface area (Å²) in [7, 11) is 0. The highest BCUT2D eigenvalue weighted by atomic mass is 19.1. The minimum atomic E-state index is -0.274. The molecule has 2 aromatic heterocycles. The van der Waals surface area contributed by atoms with Crippen LogP contribution in [-0.2, 0) is 0 Å². The van der Waals surface area contributed by atoms with E-state index in [9.17, 15) is 0 Å². The van der Waals surface area contributed by atoms with E-state index in [1.165, 1.54) is 0 Å². The third-order valence-electron chi connectivity index (χ3n) is 11.2. The number of nitrogens with zero attached hydrogens (tertiary/aromatic N) is 1. The molecule has 2 heterocycles. The fourth-order valence-electron chi connectivity index (χ4n) is 8.36. The van der Waals surface area contributed by atoms with Crippen LogP contribution in [0.4, 0.5) is 4.39 Å². The zero-order chi connectivity index (χ0) is 37.2. The van der Waals surface area contributed by atoms with Gasteiger partial charge in [-0.15, -0.1) is 0 Å². The summed E-state index contributed by atoms with van der Waals surface area (Å²) in [5.74, 6) is 0.376. The molecule has 0 saturated carbocycles. The van der Waals surface area contributed by atoms with Gasteiger partial charge in [0.2, 0.25) is 0 Å². The van der Waals surface area contributed by atoms with E-state index in [2.05, 4.69) is 81.4 Å². The lowest BCUT2D eigenvalue weighted by molar-refractivity contribution is 0.602. The zero-order valence-electron chi connectivity index (χ0n) is 30.8. The molecule has 10 aromatic rings. The van der Waals surface area contributed by atoms with Crippen LogP contribution in [0.15, 0.2) is 171 Å². The standard InChI is InChI=1S/C51H36FNO2/c1-4-30(2)49(39-24-15-27-46-48(39)38-22-12-13-25-44(38)54-46)53-50(32-16-6-5-7-17-32)51-31(3)47-37(23-14-26-45(47)55-51)42-28-40-35-20-10-8-18-33(35)34-19-9-11-21-36(34)41(40)29-43(42)52/h5-29H,4H2,1-3H3/b49-30+,53-50?. The van der Waals surface area contributed by atoms with Crippen LogP contribution in [0.5, 0.6) is 0 Å². The Morgan fingerprint density at radius 1 is 0.545 bits per heavy atom. The number of fused-ring (bicyclic) bond motifs is 10. The summed E-state index contributed by atoms with van der Waals surface area (Å²) in [5, 5.41) is 9.27. The fraction of sp³-hybridized carbons (Fsp3) is 0.0784. The van der Waals surface area contributed by atoms with E-state index in [-0.39, 0.29) is 5.82 Å². The lowest BCUT2D eigenvalue weighted by atomic mass is 9.90. The number of para-hydroxylation sites is 1. The van der Waals surface area contributed by atoms with Gasteiger partial charge in [-0.25, -0.2) is 9.38 Å². The van der Waals surface area contributed by atoms with E-state index >= 15 is 4.39 Å². The van der Waals surface area contributed by atoms with Crippen LogP contribution in [-0.4, -0.2) is 5.71 Å². The first-order valence-electron chi connectivity index (χ1n) is 18.8. The summed E-state index contributed by atoms with van der Waals surface area (Å²) in [6.45, 7) is 6.36. The molecular weight excluding hydrogens is 678 g/mol. The molecule has 264 valence electrons. The van der Waals surface area contributed by atoms with Crippen molar-refractivity contribution in [3.63, 3.8) is 0 Å². The second-order valence-corrected chi connectivity index (χ2v) is 14.3. The lowest BCUT2D eigenvalue weighted by Gasteiger charge is -2.14. The van der Waals surface area contributed by atoms with Crippen LogP contribution in [0.1, 0.15) is 42.7 Å². The molecule has 0 spiro atoms. The Kier molecular flexibility index (Phi) is 7.74. The van der Waals surface area contributed by atoms with Crippen molar-refractivity contribution in [1.29, 1.82) is 0 Å². The Morgan fingerprint density at radius 3 is 1.80 bits per heavy atom. The molecule has 10 rings (SSSR count). The number of aliphatic imine (C=N–C) groups is 1. The molecule has 0 aliphatic rings. The Bertz CT molecular complexity index is 3220. The highest BCUT2D eigenvalue weighted by Crippen LogP contribution is 2.43. The predicted molar refractivity (Wildman–Crippen MR) is 228 cm³/mol. The largest absolute Gasteiger partial charge is 0.456 e. The van der Waals surface area contributed by atoms with Gasteiger partial charge in [-0.05, 0) is 94.1 Å². The minimum absolute atomic E-state index is 0.274. The second kappa shape index (κ2) is 13.0. The maximum Gasteiger partial charge on any atom is 0.157 e. The molecule has 55 heavy (non-hydrogen) atoms. The van der Waals surface area contributed by atoms with Crippen molar-refractivity contribution in [3.8, 4) is 11.1 Å². The van der Waals surface area contributed by atoms with Gasteiger partial charge in [-0.2, -0.15) is 0 Å². The van der Waals surface area contributed by atoms with E-state index in [1.807, 2.05) is 84.9 Å². The number of hydrogen-bond acceptors (Lipinski definition) is 3. The van der Waals surface area contributed by atoms with Gasteiger partial charge in [-0.1, -0.05) is 128 Å². The summed E-state index contributed by atoms with van der Waals surface area (Å²) in [4.78, 5) is 5.56. The first-order valence-corrected chi connectivity index (χ1v) is 18.8. The smallest absolute Gasteiger partial charge is 0.157 e. The lowest BCUT2D eigenvalue weighted by Crippen LogP contribution is -2.05. The van der Waals surface area contributed by atoms with Crippen LogP contribution in [0, 0.1) is 12.7 Å². The molecule has 4 heteroatoms. The Balaban J connectivity index is 1.22. The molecule has 8 aromatic carbocycles. The number of halogens is 1. The van der Waals surface area contributed by atoms with Gasteiger partial charge in [0.1, 0.15) is 28.3 Å². The number of furan rings is 2. The number of benzene rings is 8. The van der Waals surface area contributed by atoms with Gasteiger partial charge in [0, 0.05) is 38.4 Å². The average molecular weight is 714 g/mol. The van der Waals surface area contributed by atoms with Crippen molar-refractivity contribution < 1.29 is 13.2 Å². The average Bonchev–Trinajstić information content (AvgIpc) is 3.79. The monoisotopic (exact) mass is 713 g/mol. The highest BCUT2D eigenvalue weighted by Gasteiger charge is 2.24. The molecule has 3 nitrogen and oxygen atoms in total. The molecule has 0 aliphatic carbocycles. The molecule has 0 atom stereocenters. The zero-order valence-corrected chi connectivity index (χ0v) is 30.8. The number of rotatable bonds is 6. The normalized spacial score (nSPS) is 12.8. The van der Waals surface area contributed by atoms with Crippen LogP contribution < -0.4 is 0 Å². The van der Waals surface area contributed by atoms with E-state index in [0.717, 1.165) is 99.6 Å². The molecular formula is C51H36FNO2. The maximum absolute atomic E-state index is 16.7. The summed E-state index contributed by atoms with van der Waals surface area (Å²) in [6.07, 6.45) is 0.807. The topological polar surface area (TPSA) is 38.6 Å². The minimum Gasteiger partial charge on any atom is -0.456 e. The van der Waals surface area contributed by atoms with Gasteiger partial charge < -0.3 is 8.83 Å². The summed E-state index contributed by atoms with van der Waals surface area (Å²) in [5.41, 5.74) is 9.20. The van der Waals surface area contributed by atoms with Crippen molar-refractivity contribution in [1.82, 2.24) is 0 Å².